The number of hydrogen-bond donors (Lipinski definition) is 2. The lowest BCUT2D eigenvalue weighted by atomic mass is 9.92. The summed E-state index contributed by atoms with van der Waals surface area (Å²) in [5.74, 6) is -0.333. The summed E-state index contributed by atoms with van der Waals surface area (Å²) in [5.41, 5.74) is 1.57. The van der Waals surface area contributed by atoms with Gasteiger partial charge in [0, 0.05) is 52.4 Å². The van der Waals surface area contributed by atoms with E-state index in [-0.39, 0.29) is 26.1 Å². The molecule has 0 aromatic heterocycles. The molecule has 2 fully saturated rings. The van der Waals surface area contributed by atoms with E-state index in [1.165, 1.54) is 17.1 Å². The van der Waals surface area contributed by atoms with Gasteiger partial charge in [0.2, 0.25) is 10.0 Å². The molecule has 0 radical (unpaired) electrons. The van der Waals surface area contributed by atoms with Gasteiger partial charge in [-0.3, -0.25) is 10.0 Å². The Morgan fingerprint density at radius 1 is 1.14 bits per heavy atom. The maximum atomic E-state index is 13.3. The highest BCUT2D eigenvalue weighted by molar-refractivity contribution is 7.91. The van der Waals surface area contributed by atoms with E-state index >= 15 is 0 Å². The standard InChI is InChI=1S/C20H38N2O6S/c1-2-3-5-14-27-15-6-4-7-18-8-12-22(13-9-18)29(25,26)20(19(23)21-24)10-16-28-17-11-20/h18,24H,2-17H2,1H3,(H,21,23). The van der Waals surface area contributed by atoms with Crippen molar-refractivity contribution in [1.29, 1.82) is 0 Å². The lowest BCUT2D eigenvalue weighted by Gasteiger charge is -2.40. The fourth-order valence-corrected chi connectivity index (χ4v) is 6.43. The molecule has 2 aliphatic rings. The number of rotatable bonds is 12. The second-order valence-electron chi connectivity index (χ2n) is 8.21. The Balaban J connectivity index is 1.76. The first-order valence-electron chi connectivity index (χ1n) is 11.1. The molecule has 29 heavy (non-hydrogen) atoms. The summed E-state index contributed by atoms with van der Waals surface area (Å²) in [7, 11) is -3.86. The van der Waals surface area contributed by atoms with E-state index in [1.807, 2.05) is 0 Å². The van der Waals surface area contributed by atoms with Gasteiger partial charge >= 0.3 is 0 Å². The minimum Gasteiger partial charge on any atom is -0.381 e. The van der Waals surface area contributed by atoms with Crippen LogP contribution in [0.5, 0.6) is 0 Å². The molecule has 2 heterocycles. The van der Waals surface area contributed by atoms with Crippen LogP contribution in [0.3, 0.4) is 0 Å². The number of amides is 1. The zero-order chi connectivity index (χ0) is 21.2. The summed E-state index contributed by atoms with van der Waals surface area (Å²) in [5, 5.41) is 9.12. The first kappa shape index (κ1) is 24.5. The second-order valence-corrected chi connectivity index (χ2v) is 10.5. The van der Waals surface area contributed by atoms with Gasteiger partial charge < -0.3 is 9.47 Å². The fraction of sp³-hybridized carbons (Fsp3) is 0.950. The highest BCUT2D eigenvalue weighted by Crippen LogP contribution is 2.35. The number of piperidine rings is 1. The van der Waals surface area contributed by atoms with Gasteiger partial charge in [0.25, 0.3) is 5.91 Å². The average Bonchev–Trinajstić information content (AvgIpc) is 2.75. The van der Waals surface area contributed by atoms with Gasteiger partial charge in [-0.05, 0) is 31.6 Å². The van der Waals surface area contributed by atoms with Crippen molar-refractivity contribution in [2.45, 2.75) is 75.9 Å². The van der Waals surface area contributed by atoms with E-state index in [9.17, 15) is 13.2 Å². The van der Waals surface area contributed by atoms with E-state index in [4.69, 9.17) is 14.7 Å². The number of hydrogen-bond acceptors (Lipinski definition) is 6. The van der Waals surface area contributed by atoms with Crippen LogP contribution in [0, 0.1) is 5.92 Å². The Morgan fingerprint density at radius 2 is 1.76 bits per heavy atom. The highest BCUT2D eigenvalue weighted by atomic mass is 32.2. The molecule has 2 aliphatic heterocycles. The molecule has 0 bridgehead atoms. The monoisotopic (exact) mass is 434 g/mol. The van der Waals surface area contributed by atoms with Gasteiger partial charge in [-0.15, -0.1) is 0 Å². The molecule has 0 aromatic carbocycles. The zero-order valence-electron chi connectivity index (χ0n) is 17.7. The number of carbonyl (C=O) groups is 1. The molecule has 0 aliphatic carbocycles. The van der Waals surface area contributed by atoms with Crippen molar-refractivity contribution in [3.8, 4) is 0 Å². The van der Waals surface area contributed by atoms with Crippen LogP contribution in [-0.4, -0.2) is 68.1 Å². The maximum absolute atomic E-state index is 13.3. The van der Waals surface area contributed by atoms with Crippen molar-refractivity contribution in [3.63, 3.8) is 0 Å². The van der Waals surface area contributed by atoms with Crippen LogP contribution < -0.4 is 5.48 Å². The molecule has 2 saturated heterocycles. The number of ether oxygens (including phenoxy) is 2. The van der Waals surface area contributed by atoms with E-state index < -0.39 is 20.7 Å². The summed E-state index contributed by atoms with van der Waals surface area (Å²) in [6.45, 7) is 5.09. The first-order chi connectivity index (χ1) is 14.0. The van der Waals surface area contributed by atoms with Crippen molar-refractivity contribution in [1.82, 2.24) is 9.79 Å². The minimum atomic E-state index is -3.86. The summed E-state index contributed by atoms with van der Waals surface area (Å²) >= 11 is 0. The number of nitrogens with one attached hydrogen (secondary N) is 1. The van der Waals surface area contributed by atoms with Crippen LogP contribution >= 0.6 is 0 Å². The fourth-order valence-electron chi connectivity index (χ4n) is 4.28. The van der Waals surface area contributed by atoms with Gasteiger partial charge in [0.15, 0.2) is 4.75 Å². The minimum absolute atomic E-state index is 0.0694. The second kappa shape index (κ2) is 12.2. The molecule has 8 nitrogen and oxygen atoms in total. The summed E-state index contributed by atoms with van der Waals surface area (Å²) in [4.78, 5) is 12.3. The maximum Gasteiger partial charge on any atom is 0.266 e. The Morgan fingerprint density at radius 3 is 2.34 bits per heavy atom. The van der Waals surface area contributed by atoms with Crippen LogP contribution in [0.25, 0.3) is 0 Å². The van der Waals surface area contributed by atoms with Gasteiger partial charge in [0.1, 0.15) is 0 Å². The molecule has 0 spiro atoms. The molecule has 170 valence electrons. The number of unbranched alkanes of at least 4 members (excludes halogenated alkanes) is 3. The van der Waals surface area contributed by atoms with Crippen molar-refractivity contribution in [2.75, 3.05) is 39.5 Å². The lowest BCUT2D eigenvalue weighted by Crippen LogP contribution is -2.60. The molecule has 0 aromatic rings. The molecule has 2 rings (SSSR count). The van der Waals surface area contributed by atoms with Crippen LogP contribution in [0.15, 0.2) is 0 Å². The number of hydroxylamine groups is 1. The molecule has 1 amide bonds. The predicted molar refractivity (Wildman–Crippen MR) is 110 cm³/mol. The molecular weight excluding hydrogens is 396 g/mol. The Hall–Kier alpha value is -0.740. The smallest absolute Gasteiger partial charge is 0.266 e. The van der Waals surface area contributed by atoms with Gasteiger partial charge in [-0.1, -0.05) is 32.6 Å². The van der Waals surface area contributed by atoms with Crippen molar-refractivity contribution >= 4 is 15.9 Å². The summed E-state index contributed by atoms with van der Waals surface area (Å²) in [6, 6.07) is 0. The third-order valence-electron chi connectivity index (χ3n) is 6.27. The van der Waals surface area contributed by atoms with E-state index in [0.717, 1.165) is 51.7 Å². The number of nitrogens with zero attached hydrogens (tertiary/aromatic N) is 1. The number of sulfonamides is 1. The van der Waals surface area contributed by atoms with Crippen LogP contribution in [-0.2, 0) is 24.3 Å². The van der Waals surface area contributed by atoms with Gasteiger partial charge in [-0.25, -0.2) is 18.2 Å². The SMILES string of the molecule is CCCCCOCCCCC1CCN(S(=O)(=O)C2(C(=O)NO)CCOCC2)CC1. The van der Waals surface area contributed by atoms with E-state index in [2.05, 4.69) is 6.92 Å². The number of carbonyl (C=O) groups excluding carboxylic acids is 1. The van der Waals surface area contributed by atoms with E-state index in [0.29, 0.717) is 19.0 Å². The van der Waals surface area contributed by atoms with Crippen LogP contribution in [0.2, 0.25) is 0 Å². The normalized spacial score (nSPS) is 21.2. The quantitative estimate of drug-likeness (QED) is 0.278. The van der Waals surface area contributed by atoms with Crippen molar-refractivity contribution in [3.05, 3.63) is 0 Å². The Labute approximate surface area is 175 Å². The van der Waals surface area contributed by atoms with Gasteiger partial charge in [-0.2, -0.15) is 0 Å². The third-order valence-corrected chi connectivity index (χ3v) is 8.89. The molecule has 0 saturated carbocycles. The van der Waals surface area contributed by atoms with E-state index in [1.54, 1.807) is 5.48 Å². The largest absolute Gasteiger partial charge is 0.381 e. The molecular formula is C20H38N2O6S. The lowest BCUT2D eigenvalue weighted by molar-refractivity contribution is -0.134. The van der Waals surface area contributed by atoms with Crippen molar-refractivity contribution in [2.24, 2.45) is 5.92 Å². The molecule has 2 N–H and O–H groups in total. The third kappa shape index (κ3) is 6.37. The molecule has 9 heteroatoms. The highest BCUT2D eigenvalue weighted by Gasteiger charge is 2.54. The van der Waals surface area contributed by atoms with Crippen molar-refractivity contribution < 1.29 is 27.9 Å². The molecule has 0 atom stereocenters. The predicted octanol–water partition coefficient (Wildman–Crippen LogP) is 2.46. The van der Waals surface area contributed by atoms with Crippen LogP contribution in [0.1, 0.15) is 71.1 Å². The topological polar surface area (TPSA) is 105 Å². The van der Waals surface area contributed by atoms with Crippen LogP contribution in [0.4, 0.5) is 0 Å². The van der Waals surface area contributed by atoms with Gasteiger partial charge in [0.05, 0.1) is 0 Å². The summed E-state index contributed by atoms with van der Waals surface area (Å²) in [6.07, 6.45) is 8.54. The Kier molecular flexibility index (Phi) is 10.3. The first-order valence-corrected chi connectivity index (χ1v) is 12.5. The molecule has 0 unspecified atom stereocenters. The summed E-state index contributed by atoms with van der Waals surface area (Å²) < 4.78 is 37.2. The Bertz CT molecular complexity index is 584. The zero-order valence-corrected chi connectivity index (χ0v) is 18.6. The average molecular weight is 435 g/mol.